The first-order valence-electron chi connectivity index (χ1n) is 35.3. The van der Waals surface area contributed by atoms with Crippen LogP contribution in [0.15, 0.2) is 96.8 Å². The van der Waals surface area contributed by atoms with Crippen LogP contribution in [-0.4, -0.2) is 217 Å². The molecule has 0 aliphatic carbocycles. The third-order valence-electron chi connectivity index (χ3n) is 16.7. The van der Waals surface area contributed by atoms with E-state index in [-0.39, 0.29) is 128 Å². The highest BCUT2D eigenvalue weighted by atomic mass is 35.5. The van der Waals surface area contributed by atoms with E-state index in [2.05, 4.69) is 67.8 Å². The molecule has 2 aromatic carbocycles. The molecule has 1 unspecified atom stereocenters. The third kappa shape index (κ3) is 24.3. The van der Waals surface area contributed by atoms with Crippen LogP contribution in [0.2, 0.25) is 5.02 Å². The molecule has 592 valence electrons. The van der Waals surface area contributed by atoms with Crippen molar-refractivity contribution in [2.45, 2.75) is 58.7 Å². The SMILES string of the molecule is CC(=N)N1C(=N)[C@H](CC(=O)Nc2ccc(OCCOCCOCCOCCOCCOCCNC(=O)CCNC(O)c3nc(NC(=O)CCNC(=O)c4nc(NC(=O)c5nc(NC(=O)CCNC(=O)c6cc(NC(=O)c7nccn7C)cn6C)cn5C)cn4C)cn3C)cc2)N=C(c2ccc(Cl)cc2)c2c1sc(C)c2C. The Morgan fingerprint density at radius 1 is 0.568 bits per heavy atom. The smallest absolute Gasteiger partial charge is 0.292 e. The van der Waals surface area contributed by atoms with Crippen molar-refractivity contribution in [1.29, 1.82) is 10.8 Å². The van der Waals surface area contributed by atoms with Crippen LogP contribution in [0.25, 0.3) is 0 Å². The summed E-state index contributed by atoms with van der Waals surface area (Å²) < 4.78 is 41.0. The van der Waals surface area contributed by atoms with Crippen molar-refractivity contribution in [3.8, 4) is 5.75 Å². The number of nitrogens with one attached hydrogen (secondary N) is 11. The molecule has 39 heteroatoms. The summed E-state index contributed by atoms with van der Waals surface area (Å²) in [5, 5.41) is 54.1. The molecule has 12 N–H and O–H groups in total. The third-order valence-corrected chi connectivity index (χ3v) is 18.2. The van der Waals surface area contributed by atoms with Gasteiger partial charge in [-0.15, -0.1) is 11.3 Å². The van der Waals surface area contributed by atoms with Gasteiger partial charge in [0.2, 0.25) is 35.3 Å². The van der Waals surface area contributed by atoms with Gasteiger partial charge in [0.1, 0.15) is 40.8 Å². The van der Waals surface area contributed by atoms with Crippen molar-refractivity contribution >= 4 is 121 Å². The molecule has 8 amide bonds. The zero-order chi connectivity index (χ0) is 79.7. The first-order valence-corrected chi connectivity index (χ1v) is 36.5. The Morgan fingerprint density at radius 3 is 1.72 bits per heavy atom. The topological polar surface area (TPSA) is 460 Å². The van der Waals surface area contributed by atoms with Crippen molar-refractivity contribution in [3.05, 3.63) is 147 Å². The highest BCUT2D eigenvalue weighted by Gasteiger charge is 2.35. The molecule has 7 heterocycles. The fourth-order valence-corrected chi connectivity index (χ4v) is 12.5. The van der Waals surface area contributed by atoms with E-state index in [1.165, 1.54) is 74.6 Å². The Morgan fingerprint density at radius 2 is 1.12 bits per heavy atom. The molecule has 1 aliphatic rings. The minimum atomic E-state index is -1.28. The monoisotopic (exact) mass is 1570 g/mol. The van der Waals surface area contributed by atoms with Crippen LogP contribution in [-0.2, 0) is 78.1 Å². The summed E-state index contributed by atoms with van der Waals surface area (Å²) in [6.07, 6.45) is 7.37. The summed E-state index contributed by atoms with van der Waals surface area (Å²) in [6, 6.07) is 14.9. The molecule has 8 aromatic rings. The fraction of sp³-hybridized carbons (Fsp3) is 0.403. The van der Waals surface area contributed by atoms with E-state index in [4.69, 9.17) is 55.8 Å². The molecule has 0 radical (unpaired) electrons. The Kier molecular flexibility index (Phi) is 30.8. The number of carbonyl (C=O) groups is 8. The second-order valence-corrected chi connectivity index (χ2v) is 26.9. The lowest BCUT2D eigenvalue weighted by atomic mass is 9.99. The number of halogens is 1. The zero-order valence-electron chi connectivity index (χ0n) is 62.6. The van der Waals surface area contributed by atoms with Crippen molar-refractivity contribution in [3.63, 3.8) is 0 Å². The minimum Gasteiger partial charge on any atom is -0.491 e. The van der Waals surface area contributed by atoms with E-state index < -0.39 is 47.7 Å². The number of aryl methyl sites for hydroxylation is 6. The van der Waals surface area contributed by atoms with E-state index in [0.717, 1.165) is 26.6 Å². The zero-order valence-corrected chi connectivity index (χ0v) is 64.2. The number of ether oxygens (including phenoxy) is 6. The van der Waals surface area contributed by atoms with Crippen LogP contribution < -0.4 is 57.5 Å². The Hall–Kier alpha value is -11.4. The number of benzene rings is 2. The molecule has 1 aliphatic heterocycles. The van der Waals surface area contributed by atoms with Crippen LogP contribution >= 0.6 is 22.9 Å². The molecular weight excluding hydrogens is 1480 g/mol. The van der Waals surface area contributed by atoms with Crippen molar-refractivity contribution in [1.82, 2.24) is 64.0 Å². The number of thiophene rings is 1. The molecule has 6 aromatic heterocycles. The Labute approximate surface area is 647 Å². The quantitative estimate of drug-likeness (QED) is 0.0108. The summed E-state index contributed by atoms with van der Waals surface area (Å²) >= 11 is 7.71. The standard InChI is InChI=1S/C72H91ClN22O15S/c1-43-44(2)111-72-60(43)61(46-9-11-47(73)12-10-46)83-51(62(75)95(72)45(3)74)38-59(99)81-48-13-15-50(16-14-48)110-36-35-109-34-33-108-32-31-107-30-29-106-28-27-105-26-24-76-56(96)17-20-79-68(101)64-86-53(40-92(64)6)84-58(98)19-22-80-69(102)65-88-55(42-93(65)7)89-71(104)66-87-54(41-94(66)8)85-57(97)18-21-78-67(100)52-37-49(39-91(52)5)82-70(103)63-77-23-25-90(63)4/h9-16,23,25,37,39-42,51,68,74-75,79,101H,17-22,24,26-36,38H2,1-8H3,(H,76,96)(H,78,100)(H,80,102)(H,81,99)(H,82,103)(H,84,98)(H,85,97)(H,89,104)/t51-,68?/m0/s1. The van der Waals surface area contributed by atoms with Crippen molar-refractivity contribution in [2.24, 2.45) is 40.2 Å². The summed E-state index contributed by atoms with van der Waals surface area (Å²) in [5.74, 6) is -2.66. The van der Waals surface area contributed by atoms with Crippen LogP contribution in [0.4, 0.5) is 33.8 Å². The summed E-state index contributed by atoms with van der Waals surface area (Å²) in [5.41, 5.74) is 4.44. The molecule has 111 heavy (non-hydrogen) atoms. The van der Waals surface area contributed by atoms with Gasteiger partial charge in [0.25, 0.3) is 23.6 Å². The van der Waals surface area contributed by atoms with E-state index in [0.29, 0.717) is 93.9 Å². The van der Waals surface area contributed by atoms with Gasteiger partial charge in [-0.05, 0) is 68.8 Å². The van der Waals surface area contributed by atoms with Crippen LogP contribution in [0.1, 0.15) is 109 Å². The summed E-state index contributed by atoms with van der Waals surface area (Å²) in [4.78, 5) is 128. The fourth-order valence-electron chi connectivity index (χ4n) is 11.1. The molecule has 0 saturated heterocycles. The number of amidine groups is 2. The average Bonchev–Trinajstić information content (AvgIpc) is 1.60. The first-order chi connectivity index (χ1) is 53.3. The number of aliphatic hydroxyl groups is 1. The molecule has 37 nitrogen and oxygen atoms in total. The highest BCUT2D eigenvalue weighted by molar-refractivity contribution is 7.17. The number of hydrogen-bond donors (Lipinski definition) is 12. The van der Waals surface area contributed by atoms with Gasteiger partial charge in [0.05, 0.1) is 83.9 Å². The number of aliphatic imine (C=N–C) groups is 1. The van der Waals surface area contributed by atoms with Gasteiger partial charge in [-0.3, -0.25) is 64.4 Å². The number of nitrogens with zero attached hydrogens (tertiary/aromatic N) is 11. The van der Waals surface area contributed by atoms with Crippen LogP contribution in [0.5, 0.6) is 5.75 Å². The molecule has 0 bridgehead atoms. The van der Waals surface area contributed by atoms with Gasteiger partial charge in [0, 0.05) is 145 Å². The average molecular weight is 1570 g/mol. The van der Waals surface area contributed by atoms with Gasteiger partial charge in [0.15, 0.2) is 35.3 Å². The second-order valence-electron chi connectivity index (χ2n) is 25.2. The number of aromatic nitrogens is 9. The number of fused-ring (bicyclic) bond motifs is 1. The van der Waals surface area contributed by atoms with Crippen molar-refractivity contribution < 1.29 is 71.9 Å². The largest absolute Gasteiger partial charge is 0.491 e. The van der Waals surface area contributed by atoms with Crippen LogP contribution in [0, 0.1) is 24.7 Å². The molecule has 9 rings (SSSR count). The maximum absolute atomic E-state index is 13.5. The number of carbonyl (C=O) groups excluding carboxylic acids is 8. The number of amides is 8. The van der Waals surface area contributed by atoms with Crippen molar-refractivity contribution in [2.75, 3.05) is 130 Å². The first kappa shape index (κ1) is 83.7. The number of imidazole rings is 4. The number of anilines is 6. The Bertz CT molecular complexity index is 4640. The minimum absolute atomic E-state index is 0.0179. The summed E-state index contributed by atoms with van der Waals surface area (Å²) in [6.45, 7) is 9.62. The predicted molar refractivity (Wildman–Crippen MR) is 413 cm³/mol. The molecular formula is C72H91ClN22O15S. The lowest BCUT2D eigenvalue weighted by molar-refractivity contribution is -0.121. The Balaban J connectivity index is 0.542. The normalized spacial score (nSPS) is 12.8. The molecule has 0 spiro atoms. The maximum atomic E-state index is 13.5. The van der Waals surface area contributed by atoms with Gasteiger partial charge >= 0.3 is 0 Å². The lowest BCUT2D eigenvalue weighted by Gasteiger charge is -2.24. The number of hydrogen-bond acceptors (Lipinski definition) is 24. The van der Waals surface area contributed by atoms with Crippen LogP contribution in [0.3, 0.4) is 0 Å². The van der Waals surface area contributed by atoms with E-state index in [1.54, 1.807) is 86.3 Å². The summed E-state index contributed by atoms with van der Waals surface area (Å²) in [7, 11) is 8.01. The second kappa shape index (κ2) is 40.9. The molecule has 0 fully saturated rings. The number of aliphatic hydroxyl groups excluding tert-OH is 1. The predicted octanol–water partition coefficient (Wildman–Crippen LogP) is 4.59. The van der Waals surface area contributed by atoms with E-state index in [1.807, 2.05) is 26.0 Å². The van der Waals surface area contributed by atoms with E-state index in [9.17, 15) is 43.5 Å². The maximum Gasteiger partial charge on any atom is 0.292 e. The lowest BCUT2D eigenvalue weighted by Crippen LogP contribution is -2.41. The van der Waals surface area contributed by atoms with Gasteiger partial charge in [-0.25, -0.2) is 19.9 Å². The van der Waals surface area contributed by atoms with Gasteiger partial charge in [-0.2, -0.15) is 0 Å². The molecule has 0 saturated carbocycles. The van der Waals surface area contributed by atoms with Gasteiger partial charge < -0.3 is 98.9 Å². The number of rotatable bonds is 42. The highest BCUT2D eigenvalue weighted by Crippen LogP contribution is 2.40. The molecule has 2 atom stereocenters. The van der Waals surface area contributed by atoms with Gasteiger partial charge in [-0.1, -0.05) is 23.7 Å². The van der Waals surface area contributed by atoms with E-state index >= 15 is 0 Å².